The lowest BCUT2D eigenvalue weighted by molar-refractivity contribution is -0.188. The van der Waals surface area contributed by atoms with Crippen molar-refractivity contribution in [2.75, 3.05) is 7.05 Å². The Morgan fingerprint density at radius 1 is 1.00 bits per heavy atom. The maximum absolute atomic E-state index is 6.22. The van der Waals surface area contributed by atoms with Crippen LogP contribution in [0, 0.1) is 6.92 Å². The number of aromatic nitrogens is 1. The number of pyridine rings is 1. The molecule has 0 amide bonds. The van der Waals surface area contributed by atoms with E-state index in [2.05, 4.69) is 73.4 Å². The number of hydrogen-bond acceptors (Lipinski definition) is 3. The predicted molar refractivity (Wildman–Crippen MR) is 104 cm³/mol. The van der Waals surface area contributed by atoms with Crippen LogP contribution in [0.25, 0.3) is 11.1 Å². The lowest BCUT2D eigenvalue weighted by atomic mass is 9.88. The Kier molecular flexibility index (Phi) is 4.35. The van der Waals surface area contributed by atoms with Crippen molar-refractivity contribution in [2.45, 2.75) is 31.9 Å². The number of rotatable bonds is 3. The van der Waals surface area contributed by atoms with Crippen molar-refractivity contribution >= 4 is 0 Å². The fraction of sp³-hybridized carbons (Fsp3) is 0.261. The molecular formula is C23H24N2O. The largest absolute Gasteiger partial charge is 0.287 e. The first-order valence-corrected chi connectivity index (χ1v) is 9.05. The van der Waals surface area contributed by atoms with Crippen LogP contribution in [0.4, 0.5) is 0 Å². The first-order valence-electron chi connectivity index (χ1n) is 9.05. The number of nitrogens with zero attached hydrogens (tertiary/aromatic N) is 2. The van der Waals surface area contributed by atoms with Crippen LogP contribution in [-0.2, 0) is 10.4 Å². The lowest BCUT2D eigenvalue weighted by Crippen LogP contribution is -2.23. The Hall–Kier alpha value is -2.49. The Labute approximate surface area is 155 Å². The highest BCUT2D eigenvalue weighted by molar-refractivity contribution is 5.64. The van der Waals surface area contributed by atoms with E-state index in [0.29, 0.717) is 0 Å². The first kappa shape index (κ1) is 17.0. The molecule has 3 nitrogen and oxygen atoms in total. The van der Waals surface area contributed by atoms with E-state index >= 15 is 0 Å². The van der Waals surface area contributed by atoms with Crippen LogP contribution in [0.3, 0.4) is 0 Å². The van der Waals surface area contributed by atoms with Crippen LogP contribution in [-0.4, -0.2) is 17.1 Å². The molecule has 2 aromatic carbocycles. The van der Waals surface area contributed by atoms with E-state index in [0.717, 1.165) is 12.0 Å². The summed E-state index contributed by atoms with van der Waals surface area (Å²) in [5, 5.41) is 1.98. The van der Waals surface area contributed by atoms with Gasteiger partial charge in [0.2, 0.25) is 0 Å². The molecule has 0 saturated carbocycles. The summed E-state index contributed by atoms with van der Waals surface area (Å²) < 4.78 is 0. The molecule has 1 saturated heterocycles. The highest BCUT2D eigenvalue weighted by Crippen LogP contribution is 2.45. The minimum Gasteiger partial charge on any atom is -0.287 e. The second kappa shape index (κ2) is 6.67. The smallest absolute Gasteiger partial charge is 0.115 e. The lowest BCUT2D eigenvalue weighted by Gasteiger charge is -2.23. The Morgan fingerprint density at radius 3 is 2.27 bits per heavy atom. The van der Waals surface area contributed by atoms with Crippen LogP contribution in [0.15, 0.2) is 73.1 Å². The minimum absolute atomic E-state index is 0.229. The summed E-state index contributed by atoms with van der Waals surface area (Å²) in [6, 6.07) is 21.8. The van der Waals surface area contributed by atoms with E-state index in [9.17, 15) is 0 Å². The van der Waals surface area contributed by atoms with E-state index in [-0.39, 0.29) is 11.6 Å². The van der Waals surface area contributed by atoms with Crippen molar-refractivity contribution in [3.63, 3.8) is 0 Å². The highest BCUT2D eigenvalue weighted by atomic mass is 16.7. The molecule has 1 aliphatic heterocycles. The topological polar surface area (TPSA) is 25.4 Å². The van der Waals surface area contributed by atoms with E-state index in [4.69, 9.17) is 4.84 Å². The molecule has 2 heterocycles. The molecule has 0 N–H and O–H groups in total. The van der Waals surface area contributed by atoms with E-state index in [1.807, 2.05) is 24.4 Å². The molecule has 26 heavy (non-hydrogen) atoms. The molecule has 0 bridgehead atoms. The van der Waals surface area contributed by atoms with Gasteiger partial charge in [-0.1, -0.05) is 60.2 Å². The molecule has 2 atom stereocenters. The third-order valence-electron chi connectivity index (χ3n) is 5.32. The maximum Gasteiger partial charge on any atom is 0.115 e. The predicted octanol–water partition coefficient (Wildman–Crippen LogP) is 5.28. The van der Waals surface area contributed by atoms with Gasteiger partial charge in [0.05, 0.1) is 6.04 Å². The third kappa shape index (κ3) is 3.16. The van der Waals surface area contributed by atoms with Crippen molar-refractivity contribution in [3.8, 4) is 11.1 Å². The number of aryl methyl sites for hydroxylation is 1. The summed E-state index contributed by atoms with van der Waals surface area (Å²) in [6.07, 6.45) is 4.60. The molecule has 1 aromatic heterocycles. The molecule has 0 aliphatic carbocycles. The molecule has 4 rings (SSSR count). The van der Waals surface area contributed by atoms with Gasteiger partial charge in [0, 0.05) is 31.4 Å². The second-order valence-electron chi connectivity index (χ2n) is 7.32. The van der Waals surface area contributed by atoms with E-state index in [1.165, 1.54) is 22.3 Å². The van der Waals surface area contributed by atoms with Gasteiger partial charge in [0.1, 0.15) is 5.60 Å². The summed E-state index contributed by atoms with van der Waals surface area (Å²) >= 11 is 0. The van der Waals surface area contributed by atoms with Gasteiger partial charge in [-0.05, 0) is 36.6 Å². The van der Waals surface area contributed by atoms with Gasteiger partial charge in [-0.25, -0.2) is 0 Å². The molecule has 0 spiro atoms. The van der Waals surface area contributed by atoms with Gasteiger partial charge in [-0.2, -0.15) is 5.06 Å². The molecule has 1 aliphatic rings. The van der Waals surface area contributed by atoms with E-state index < -0.39 is 0 Å². The zero-order valence-electron chi connectivity index (χ0n) is 15.5. The van der Waals surface area contributed by atoms with Crippen molar-refractivity contribution < 1.29 is 4.84 Å². The second-order valence-corrected chi connectivity index (χ2v) is 7.32. The van der Waals surface area contributed by atoms with Gasteiger partial charge in [-0.3, -0.25) is 9.82 Å². The first-order chi connectivity index (χ1) is 12.5. The average Bonchev–Trinajstić information content (AvgIpc) is 2.99. The van der Waals surface area contributed by atoms with Crippen molar-refractivity contribution in [2.24, 2.45) is 0 Å². The normalized spacial score (nSPS) is 23.3. The van der Waals surface area contributed by atoms with Crippen LogP contribution in [0.1, 0.15) is 36.1 Å². The number of hydrogen-bond donors (Lipinski definition) is 0. The SMILES string of the molecule is Cc1ccc(-c2ccc([C@H]3C[C@@](C)(c4cccnc4)ON3C)cc2)cc1. The van der Waals surface area contributed by atoms with Gasteiger partial charge in [-0.15, -0.1) is 0 Å². The highest BCUT2D eigenvalue weighted by Gasteiger charge is 2.42. The molecule has 0 radical (unpaired) electrons. The van der Waals surface area contributed by atoms with Crippen LogP contribution in [0.2, 0.25) is 0 Å². The molecule has 3 heteroatoms. The molecule has 0 unspecified atom stereocenters. The van der Waals surface area contributed by atoms with Crippen LogP contribution < -0.4 is 0 Å². The monoisotopic (exact) mass is 344 g/mol. The molecule has 3 aromatic rings. The summed E-state index contributed by atoms with van der Waals surface area (Å²) in [7, 11) is 2.01. The van der Waals surface area contributed by atoms with Gasteiger partial charge < -0.3 is 0 Å². The van der Waals surface area contributed by atoms with Gasteiger partial charge >= 0.3 is 0 Å². The summed E-state index contributed by atoms with van der Waals surface area (Å²) in [4.78, 5) is 10.5. The zero-order chi connectivity index (χ0) is 18.1. The maximum atomic E-state index is 6.22. The molecule has 132 valence electrons. The number of hydroxylamine groups is 2. The zero-order valence-corrected chi connectivity index (χ0v) is 15.5. The Morgan fingerprint density at radius 2 is 1.65 bits per heavy atom. The summed E-state index contributed by atoms with van der Waals surface area (Å²) in [5.74, 6) is 0. The summed E-state index contributed by atoms with van der Waals surface area (Å²) in [5.41, 5.74) is 5.82. The van der Waals surface area contributed by atoms with Crippen molar-refractivity contribution in [1.82, 2.24) is 10.0 Å². The molecular weight excluding hydrogens is 320 g/mol. The molecule has 1 fully saturated rings. The Bertz CT molecular complexity index is 874. The quantitative estimate of drug-likeness (QED) is 0.646. The van der Waals surface area contributed by atoms with Crippen molar-refractivity contribution in [1.29, 1.82) is 0 Å². The van der Waals surface area contributed by atoms with Crippen LogP contribution in [0.5, 0.6) is 0 Å². The Balaban J connectivity index is 1.57. The van der Waals surface area contributed by atoms with Gasteiger partial charge in [0.25, 0.3) is 0 Å². The summed E-state index contributed by atoms with van der Waals surface area (Å²) in [6.45, 7) is 4.25. The van der Waals surface area contributed by atoms with Crippen LogP contribution >= 0.6 is 0 Å². The fourth-order valence-electron chi connectivity index (χ4n) is 3.73. The number of benzene rings is 2. The van der Waals surface area contributed by atoms with Gasteiger partial charge in [0.15, 0.2) is 0 Å². The van der Waals surface area contributed by atoms with E-state index in [1.54, 1.807) is 6.20 Å². The standard InChI is InChI=1S/C23H24N2O/c1-17-6-8-18(9-7-17)19-10-12-20(13-11-19)22-15-23(2,26-25(22)3)21-5-4-14-24-16-21/h4-14,16,22H,15H2,1-3H3/t22-,23+/m1/s1. The van der Waals surface area contributed by atoms with Crippen molar-refractivity contribution in [3.05, 3.63) is 89.7 Å². The fourth-order valence-corrected chi connectivity index (χ4v) is 3.73. The average molecular weight is 344 g/mol. The third-order valence-corrected chi connectivity index (χ3v) is 5.32. The minimum atomic E-state index is -0.344.